The summed E-state index contributed by atoms with van der Waals surface area (Å²) in [6.45, 7) is 5.02. The molecule has 1 aromatic carbocycles. The van der Waals surface area contributed by atoms with Crippen LogP contribution >= 0.6 is 0 Å². The van der Waals surface area contributed by atoms with Crippen molar-refractivity contribution in [1.29, 1.82) is 0 Å². The van der Waals surface area contributed by atoms with Crippen LogP contribution in [0.5, 0.6) is 0 Å². The lowest BCUT2D eigenvalue weighted by Crippen LogP contribution is -2.14. The summed E-state index contributed by atoms with van der Waals surface area (Å²) in [5.41, 5.74) is 2.35. The van der Waals surface area contributed by atoms with Crippen LogP contribution in [0.4, 0.5) is 0 Å². The first-order valence-corrected chi connectivity index (χ1v) is 5.77. The minimum absolute atomic E-state index is 0.0538. The summed E-state index contributed by atoms with van der Waals surface area (Å²) in [5.74, 6) is -0.966. The highest BCUT2D eigenvalue weighted by molar-refractivity contribution is 6.07. The lowest BCUT2D eigenvalue weighted by atomic mass is 10.1. The SMILES string of the molecule is CC(=O)c1cn(C(C)C(=O)O)c2c(C)cccc12. The van der Waals surface area contributed by atoms with Crippen LogP contribution in [0, 0.1) is 6.92 Å². The molecule has 2 aromatic rings. The predicted octanol–water partition coefficient (Wildman–Crippen LogP) is 2.80. The predicted molar refractivity (Wildman–Crippen MR) is 69.0 cm³/mol. The van der Waals surface area contributed by atoms with Gasteiger partial charge in [-0.25, -0.2) is 4.79 Å². The number of rotatable bonds is 3. The van der Waals surface area contributed by atoms with Crippen molar-refractivity contribution in [2.45, 2.75) is 26.8 Å². The number of aromatic nitrogens is 1. The minimum atomic E-state index is -0.912. The van der Waals surface area contributed by atoms with Gasteiger partial charge in [0.2, 0.25) is 0 Å². The van der Waals surface area contributed by atoms with Crippen LogP contribution in [0.1, 0.15) is 35.8 Å². The molecular weight excluding hydrogens is 230 g/mol. The van der Waals surface area contributed by atoms with Gasteiger partial charge in [-0.2, -0.15) is 0 Å². The molecule has 94 valence electrons. The molecule has 0 aliphatic heterocycles. The van der Waals surface area contributed by atoms with Crippen LogP contribution in [0.3, 0.4) is 0 Å². The van der Waals surface area contributed by atoms with E-state index in [1.54, 1.807) is 17.7 Å². The summed E-state index contributed by atoms with van der Waals surface area (Å²) < 4.78 is 1.66. The number of carboxylic acid groups (broad SMARTS) is 1. The van der Waals surface area contributed by atoms with E-state index in [9.17, 15) is 9.59 Å². The van der Waals surface area contributed by atoms with Gasteiger partial charge in [-0.05, 0) is 26.3 Å². The minimum Gasteiger partial charge on any atom is -0.480 e. The van der Waals surface area contributed by atoms with Gasteiger partial charge in [0.15, 0.2) is 5.78 Å². The van der Waals surface area contributed by atoms with Crippen molar-refractivity contribution in [2.75, 3.05) is 0 Å². The number of carboxylic acids is 1. The summed E-state index contributed by atoms with van der Waals surface area (Å²) in [6.07, 6.45) is 1.64. The average Bonchev–Trinajstić information content (AvgIpc) is 2.68. The first-order chi connectivity index (χ1) is 8.43. The molecule has 4 heteroatoms. The van der Waals surface area contributed by atoms with Gasteiger partial charge in [-0.15, -0.1) is 0 Å². The fourth-order valence-corrected chi connectivity index (χ4v) is 2.20. The second kappa shape index (κ2) is 4.29. The standard InChI is InChI=1S/C14H15NO3/c1-8-5-4-6-11-12(10(3)16)7-15(13(8)11)9(2)14(17)18/h4-7,9H,1-3H3,(H,17,18). The molecule has 0 aliphatic carbocycles. The smallest absolute Gasteiger partial charge is 0.326 e. The van der Waals surface area contributed by atoms with Crippen LogP contribution < -0.4 is 0 Å². The van der Waals surface area contributed by atoms with Crippen LogP contribution in [0.2, 0.25) is 0 Å². The van der Waals surface area contributed by atoms with Crippen molar-refractivity contribution in [3.05, 3.63) is 35.5 Å². The molecule has 0 aliphatic rings. The number of Topliss-reactive ketones (excluding diaryl/α,β-unsaturated/α-hetero) is 1. The molecule has 0 radical (unpaired) electrons. The van der Waals surface area contributed by atoms with E-state index < -0.39 is 12.0 Å². The molecular formula is C14H15NO3. The first-order valence-electron chi connectivity index (χ1n) is 5.77. The van der Waals surface area contributed by atoms with Crippen molar-refractivity contribution in [2.24, 2.45) is 0 Å². The highest BCUT2D eigenvalue weighted by atomic mass is 16.4. The Hall–Kier alpha value is -2.10. The fraction of sp³-hybridized carbons (Fsp3) is 0.286. The normalized spacial score (nSPS) is 12.6. The Kier molecular flexibility index (Phi) is 2.95. The Morgan fingerprint density at radius 1 is 1.33 bits per heavy atom. The maximum Gasteiger partial charge on any atom is 0.326 e. The van der Waals surface area contributed by atoms with Crippen LogP contribution in [0.25, 0.3) is 10.9 Å². The Balaban J connectivity index is 2.82. The zero-order valence-electron chi connectivity index (χ0n) is 10.6. The third-order valence-electron chi connectivity index (χ3n) is 3.21. The molecule has 1 heterocycles. The molecule has 0 fully saturated rings. The maximum absolute atomic E-state index is 11.6. The molecule has 0 spiro atoms. The van der Waals surface area contributed by atoms with Gasteiger partial charge in [-0.1, -0.05) is 18.2 Å². The van der Waals surface area contributed by atoms with Crippen LogP contribution in [-0.4, -0.2) is 21.4 Å². The number of ketones is 1. The second-order valence-corrected chi connectivity index (χ2v) is 4.49. The summed E-state index contributed by atoms with van der Waals surface area (Å²) in [6, 6.07) is 4.95. The highest BCUT2D eigenvalue weighted by Crippen LogP contribution is 2.27. The van der Waals surface area contributed by atoms with Crippen LogP contribution in [0.15, 0.2) is 24.4 Å². The zero-order valence-corrected chi connectivity index (χ0v) is 10.6. The molecule has 1 atom stereocenters. The third kappa shape index (κ3) is 1.79. The number of nitrogens with zero attached hydrogens (tertiary/aromatic N) is 1. The summed E-state index contributed by atoms with van der Waals surface area (Å²) in [5, 5.41) is 9.94. The molecule has 18 heavy (non-hydrogen) atoms. The number of hydrogen-bond donors (Lipinski definition) is 1. The number of fused-ring (bicyclic) bond motifs is 1. The van der Waals surface area contributed by atoms with Gasteiger partial charge in [0.25, 0.3) is 0 Å². The molecule has 0 saturated carbocycles. The van der Waals surface area contributed by atoms with Crippen molar-refractivity contribution in [1.82, 2.24) is 4.57 Å². The van der Waals surface area contributed by atoms with Crippen molar-refractivity contribution >= 4 is 22.7 Å². The number of carbonyl (C=O) groups excluding carboxylic acids is 1. The quantitative estimate of drug-likeness (QED) is 0.846. The molecule has 1 aromatic heterocycles. The summed E-state index contributed by atoms with van der Waals surface area (Å²) in [4.78, 5) is 22.7. The molecule has 0 saturated heterocycles. The second-order valence-electron chi connectivity index (χ2n) is 4.49. The molecule has 1 unspecified atom stereocenters. The number of para-hydroxylation sites is 1. The highest BCUT2D eigenvalue weighted by Gasteiger charge is 2.20. The van der Waals surface area contributed by atoms with Gasteiger partial charge in [0.1, 0.15) is 6.04 Å². The first kappa shape index (κ1) is 12.4. The van der Waals surface area contributed by atoms with E-state index in [4.69, 9.17) is 5.11 Å². The van der Waals surface area contributed by atoms with E-state index in [0.29, 0.717) is 5.56 Å². The van der Waals surface area contributed by atoms with Crippen molar-refractivity contribution < 1.29 is 14.7 Å². The van der Waals surface area contributed by atoms with E-state index in [2.05, 4.69) is 0 Å². The number of hydrogen-bond acceptors (Lipinski definition) is 2. The Labute approximate surface area is 105 Å². The molecule has 1 N–H and O–H groups in total. The Bertz CT molecular complexity index is 640. The summed E-state index contributed by atoms with van der Waals surface area (Å²) >= 11 is 0. The molecule has 4 nitrogen and oxygen atoms in total. The number of carbonyl (C=O) groups is 2. The topological polar surface area (TPSA) is 59.3 Å². The Morgan fingerprint density at radius 2 is 2.00 bits per heavy atom. The molecule has 2 rings (SSSR count). The van der Waals surface area contributed by atoms with E-state index in [1.807, 2.05) is 25.1 Å². The van der Waals surface area contributed by atoms with Gasteiger partial charge < -0.3 is 9.67 Å². The van der Waals surface area contributed by atoms with E-state index >= 15 is 0 Å². The van der Waals surface area contributed by atoms with Crippen molar-refractivity contribution in [3.63, 3.8) is 0 Å². The lowest BCUT2D eigenvalue weighted by molar-refractivity contribution is -0.140. The average molecular weight is 245 g/mol. The Morgan fingerprint density at radius 3 is 2.56 bits per heavy atom. The number of aryl methyl sites for hydroxylation is 1. The van der Waals surface area contributed by atoms with Gasteiger partial charge >= 0.3 is 5.97 Å². The third-order valence-corrected chi connectivity index (χ3v) is 3.21. The monoisotopic (exact) mass is 245 g/mol. The maximum atomic E-state index is 11.6. The van der Waals surface area contributed by atoms with Gasteiger partial charge in [0, 0.05) is 17.1 Å². The van der Waals surface area contributed by atoms with E-state index in [-0.39, 0.29) is 5.78 Å². The van der Waals surface area contributed by atoms with Crippen LogP contribution in [-0.2, 0) is 4.79 Å². The summed E-state index contributed by atoms with van der Waals surface area (Å²) in [7, 11) is 0. The fourth-order valence-electron chi connectivity index (χ4n) is 2.20. The number of aliphatic carboxylic acids is 1. The van der Waals surface area contributed by atoms with E-state index in [1.165, 1.54) is 6.92 Å². The van der Waals surface area contributed by atoms with E-state index in [0.717, 1.165) is 16.5 Å². The lowest BCUT2D eigenvalue weighted by Gasteiger charge is -2.11. The molecule has 0 amide bonds. The molecule has 0 bridgehead atoms. The zero-order chi connectivity index (χ0) is 13.4. The largest absolute Gasteiger partial charge is 0.480 e. The van der Waals surface area contributed by atoms with Crippen molar-refractivity contribution in [3.8, 4) is 0 Å². The van der Waals surface area contributed by atoms with Gasteiger partial charge in [-0.3, -0.25) is 4.79 Å². The van der Waals surface area contributed by atoms with Gasteiger partial charge in [0.05, 0.1) is 5.52 Å². The number of benzene rings is 1.